The van der Waals surface area contributed by atoms with E-state index in [1.54, 1.807) is 14.2 Å². The summed E-state index contributed by atoms with van der Waals surface area (Å²) >= 11 is 6.33. The standard InChI is InChI=1S/C19H22ClNO4/c1-22-16-5-4-13(9-17(16)23-2)11-21-12-14-8-15(20)19-18(10-14)24-6-3-7-25-19/h4-5,8-10,21H,3,6-7,11-12H2,1-2H3. The molecule has 2 aromatic rings. The van der Waals surface area contributed by atoms with Gasteiger partial charge < -0.3 is 24.3 Å². The zero-order chi connectivity index (χ0) is 17.6. The second-order valence-corrected chi connectivity index (χ2v) is 6.16. The van der Waals surface area contributed by atoms with Crippen molar-refractivity contribution in [1.29, 1.82) is 0 Å². The summed E-state index contributed by atoms with van der Waals surface area (Å²) in [7, 11) is 3.26. The van der Waals surface area contributed by atoms with Crippen LogP contribution in [0.15, 0.2) is 30.3 Å². The van der Waals surface area contributed by atoms with Gasteiger partial charge in [0.15, 0.2) is 23.0 Å². The lowest BCUT2D eigenvalue weighted by molar-refractivity contribution is 0.297. The summed E-state index contributed by atoms with van der Waals surface area (Å²) in [5, 5.41) is 3.99. The Labute approximate surface area is 152 Å². The molecule has 1 aliphatic rings. The van der Waals surface area contributed by atoms with Crippen LogP contribution in [-0.4, -0.2) is 27.4 Å². The fourth-order valence-electron chi connectivity index (χ4n) is 2.73. The Hall–Kier alpha value is -2.11. The van der Waals surface area contributed by atoms with E-state index in [0.717, 1.165) is 29.0 Å². The van der Waals surface area contributed by atoms with Gasteiger partial charge in [-0.25, -0.2) is 0 Å². The van der Waals surface area contributed by atoms with Crippen LogP contribution in [0.5, 0.6) is 23.0 Å². The van der Waals surface area contributed by atoms with E-state index in [2.05, 4.69) is 5.32 Å². The van der Waals surface area contributed by atoms with E-state index in [-0.39, 0.29) is 0 Å². The molecule has 2 aromatic carbocycles. The molecule has 0 spiro atoms. The number of rotatable bonds is 6. The molecule has 0 bridgehead atoms. The van der Waals surface area contributed by atoms with E-state index in [9.17, 15) is 0 Å². The Morgan fingerprint density at radius 1 is 0.960 bits per heavy atom. The first-order valence-corrected chi connectivity index (χ1v) is 8.58. The van der Waals surface area contributed by atoms with Gasteiger partial charge in [0.1, 0.15) is 0 Å². The lowest BCUT2D eigenvalue weighted by atomic mass is 10.1. The van der Waals surface area contributed by atoms with Crippen molar-refractivity contribution >= 4 is 11.6 Å². The van der Waals surface area contributed by atoms with Crippen molar-refractivity contribution in [2.45, 2.75) is 19.5 Å². The molecule has 134 valence electrons. The van der Waals surface area contributed by atoms with Crippen LogP contribution in [0.3, 0.4) is 0 Å². The number of benzene rings is 2. The molecule has 0 unspecified atom stereocenters. The van der Waals surface area contributed by atoms with Crippen molar-refractivity contribution < 1.29 is 18.9 Å². The highest BCUT2D eigenvalue weighted by Crippen LogP contribution is 2.38. The minimum atomic E-state index is 0.585. The van der Waals surface area contributed by atoms with Gasteiger partial charge in [-0.15, -0.1) is 0 Å². The van der Waals surface area contributed by atoms with Crippen LogP contribution in [0.4, 0.5) is 0 Å². The first-order chi connectivity index (χ1) is 12.2. The second-order valence-electron chi connectivity index (χ2n) is 5.75. The van der Waals surface area contributed by atoms with Gasteiger partial charge in [0.05, 0.1) is 32.5 Å². The summed E-state index contributed by atoms with van der Waals surface area (Å²) in [4.78, 5) is 0. The topological polar surface area (TPSA) is 49.0 Å². The predicted molar refractivity (Wildman–Crippen MR) is 97.1 cm³/mol. The summed E-state index contributed by atoms with van der Waals surface area (Å²) in [5.74, 6) is 2.80. The predicted octanol–water partition coefficient (Wildman–Crippen LogP) is 3.81. The summed E-state index contributed by atoms with van der Waals surface area (Å²) in [5.41, 5.74) is 2.16. The maximum absolute atomic E-state index is 6.33. The van der Waals surface area contributed by atoms with Crippen LogP contribution in [0.25, 0.3) is 0 Å². The zero-order valence-electron chi connectivity index (χ0n) is 14.4. The number of halogens is 1. The molecule has 25 heavy (non-hydrogen) atoms. The molecule has 0 aliphatic carbocycles. The van der Waals surface area contributed by atoms with E-state index in [1.807, 2.05) is 30.3 Å². The van der Waals surface area contributed by atoms with Gasteiger partial charge in [0.25, 0.3) is 0 Å². The zero-order valence-corrected chi connectivity index (χ0v) is 15.2. The van der Waals surface area contributed by atoms with E-state index in [1.165, 1.54) is 0 Å². The molecule has 3 rings (SSSR count). The molecule has 6 heteroatoms. The molecular weight excluding hydrogens is 342 g/mol. The van der Waals surface area contributed by atoms with Crippen molar-refractivity contribution in [3.8, 4) is 23.0 Å². The molecular formula is C19H22ClNO4. The fourth-order valence-corrected chi connectivity index (χ4v) is 3.02. The van der Waals surface area contributed by atoms with E-state index < -0.39 is 0 Å². The quantitative estimate of drug-likeness (QED) is 0.845. The van der Waals surface area contributed by atoms with E-state index in [4.69, 9.17) is 30.5 Å². The number of ether oxygens (including phenoxy) is 4. The molecule has 1 aliphatic heterocycles. The Kier molecular flexibility index (Phi) is 5.89. The van der Waals surface area contributed by atoms with Crippen LogP contribution < -0.4 is 24.3 Å². The van der Waals surface area contributed by atoms with Crippen LogP contribution in [0.2, 0.25) is 5.02 Å². The SMILES string of the molecule is COc1ccc(CNCc2cc(Cl)c3c(c2)OCCCO3)cc1OC. The minimum absolute atomic E-state index is 0.585. The third-order valence-electron chi connectivity index (χ3n) is 3.97. The average molecular weight is 364 g/mol. The first-order valence-electron chi connectivity index (χ1n) is 8.21. The van der Waals surface area contributed by atoms with Crippen LogP contribution in [0, 0.1) is 0 Å². The molecule has 0 saturated heterocycles. The van der Waals surface area contributed by atoms with E-state index in [0.29, 0.717) is 42.8 Å². The highest BCUT2D eigenvalue weighted by Gasteiger charge is 2.15. The largest absolute Gasteiger partial charge is 0.493 e. The number of hydrogen-bond donors (Lipinski definition) is 1. The second kappa shape index (κ2) is 8.32. The van der Waals surface area contributed by atoms with Gasteiger partial charge in [0.2, 0.25) is 0 Å². The normalized spacial score (nSPS) is 13.2. The molecule has 0 radical (unpaired) electrons. The van der Waals surface area contributed by atoms with Crippen LogP contribution in [0.1, 0.15) is 17.5 Å². The maximum Gasteiger partial charge on any atom is 0.179 e. The number of methoxy groups -OCH3 is 2. The Balaban J connectivity index is 1.64. The number of nitrogens with one attached hydrogen (secondary N) is 1. The van der Waals surface area contributed by atoms with Gasteiger partial charge in [-0.3, -0.25) is 0 Å². The van der Waals surface area contributed by atoms with Gasteiger partial charge in [-0.05, 0) is 35.4 Å². The summed E-state index contributed by atoms with van der Waals surface area (Å²) < 4.78 is 22.0. The minimum Gasteiger partial charge on any atom is -0.493 e. The van der Waals surface area contributed by atoms with E-state index >= 15 is 0 Å². The van der Waals surface area contributed by atoms with Crippen molar-refractivity contribution in [3.05, 3.63) is 46.5 Å². The molecule has 0 saturated carbocycles. The Bertz CT molecular complexity index is 736. The highest BCUT2D eigenvalue weighted by atomic mass is 35.5. The Morgan fingerprint density at radius 2 is 1.72 bits per heavy atom. The van der Waals surface area contributed by atoms with Gasteiger partial charge in [-0.2, -0.15) is 0 Å². The number of hydrogen-bond acceptors (Lipinski definition) is 5. The summed E-state index contributed by atoms with van der Waals surface area (Å²) in [6.07, 6.45) is 0.859. The summed E-state index contributed by atoms with van der Waals surface area (Å²) in [6.45, 7) is 2.65. The molecule has 5 nitrogen and oxygen atoms in total. The molecule has 0 atom stereocenters. The lowest BCUT2D eigenvalue weighted by Crippen LogP contribution is -2.13. The van der Waals surface area contributed by atoms with Crippen molar-refractivity contribution in [2.75, 3.05) is 27.4 Å². The van der Waals surface area contributed by atoms with Crippen molar-refractivity contribution in [3.63, 3.8) is 0 Å². The first kappa shape index (κ1) is 17.7. The fraction of sp³-hybridized carbons (Fsp3) is 0.368. The number of fused-ring (bicyclic) bond motifs is 1. The van der Waals surface area contributed by atoms with Crippen LogP contribution >= 0.6 is 11.6 Å². The van der Waals surface area contributed by atoms with Crippen LogP contribution in [-0.2, 0) is 13.1 Å². The average Bonchev–Trinajstić information content (AvgIpc) is 2.87. The smallest absolute Gasteiger partial charge is 0.179 e. The molecule has 1 heterocycles. The monoisotopic (exact) mass is 363 g/mol. The lowest BCUT2D eigenvalue weighted by Gasteiger charge is -2.13. The molecule has 0 aromatic heterocycles. The molecule has 0 fully saturated rings. The Morgan fingerprint density at radius 3 is 2.52 bits per heavy atom. The highest BCUT2D eigenvalue weighted by molar-refractivity contribution is 6.32. The maximum atomic E-state index is 6.33. The third kappa shape index (κ3) is 4.30. The third-order valence-corrected chi connectivity index (χ3v) is 4.25. The van der Waals surface area contributed by atoms with Gasteiger partial charge >= 0.3 is 0 Å². The van der Waals surface area contributed by atoms with Gasteiger partial charge in [-0.1, -0.05) is 17.7 Å². The van der Waals surface area contributed by atoms with Crippen molar-refractivity contribution in [2.24, 2.45) is 0 Å². The summed E-state index contributed by atoms with van der Waals surface area (Å²) in [6, 6.07) is 9.77. The molecule has 0 amide bonds. The van der Waals surface area contributed by atoms with Gasteiger partial charge in [0, 0.05) is 19.5 Å². The molecule has 1 N–H and O–H groups in total. The van der Waals surface area contributed by atoms with Crippen molar-refractivity contribution in [1.82, 2.24) is 5.32 Å².